The molecule has 4 rings (SSSR count). The molecule has 1 heterocycles. The van der Waals surface area contributed by atoms with E-state index in [1.807, 2.05) is 6.92 Å². The van der Waals surface area contributed by atoms with Crippen molar-refractivity contribution >= 4 is 11.5 Å². The second-order valence-corrected chi connectivity index (χ2v) is 8.62. The first kappa shape index (κ1) is 16.9. The Morgan fingerprint density at radius 2 is 2.08 bits per heavy atom. The van der Waals surface area contributed by atoms with Gasteiger partial charge in [0.2, 0.25) is 0 Å². The van der Waals surface area contributed by atoms with Gasteiger partial charge in [-0.25, -0.2) is 0 Å². The molecule has 0 aliphatic heterocycles. The maximum atomic E-state index is 12.7. The molecule has 1 N–H and O–H groups in total. The van der Waals surface area contributed by atoms with E-state index in [0.717, 1.165) is 31.4 Å². The van der Waals surface area contributed by atoms with Gasteiger partial charge in [-0.1, -0.05) is 18.9 Å². The number of carbonyl (C=O) groups excluding carboxylic acids is 1. The summed E-state index contributed by atoms with van der Waals surface area (Å²) in [5.74, 6) is 0.954. The second-order valence-electron chi connectivity index (χ2n) is 8.62. The van der Waals surface area contributed by atoms with Gasteiger partial charge in [0.15, 0.2) is 0 Å². The van der Waals surface area contributed by atoms with Gasteiger partial charge in [0.1, 0.15) is 5.76 Å². The lowest BCUT2D eigenvalue weighted by atomic mass is 9.43. The first-order chi connectivity index (χ1) is 11.8. The van der Waals surface area contributed by atoms with Crippen LogP contribution in [-0.2, 0) is 16.0 Å². The van der Waals surface area contributed by atoms with Crippen LogP contribution in [0, 0.1) is 16.7 Å². The van der Waals surface area contributed by atoms with Crippen LogP contribution in [0.5, 0.6) is 0 Å². The largest absolute Gasteiger partial charge is 0.469 e. The third-order valence-corrected chi connectivity index (χ3v) is 7.83. The Labute approximate surface area is 149 Å². The van der Waals surface area contributed by atoms with E-state index in [9.17, 15) is 9.90 Å². The van der Waals surface area contributed by atoms with Crippen molar-refractivity contribution in [1.29, 1.82) is 0 Å². The Morgan fingerprint density at radius 3 is 2.80 bits per heavy atom. The quantitative estimate of drug-likeness (QED) is 0.779. The zero-order chi connectivity index (χ0) is 18.0. The molecule has 3 aliphatic rings. The van der Waals surface area contributed by atoms with E-state index in [2.05, 4.69) is 19.9 Å². The molecule has 136 valence electrons. The van der Waals surface area contributed by atoms with Crippen LogP contribution in [0.1, 0.15) is 64.2 Å². The smallest absolute Gasteiger partial charge is 0.314 e. The Kier molecular flexibility index (Phi) is 3.53. The number of carbonyl (C=O) groups is 1. The molecule has 0 saturated heterocycles. The number of esters is 1. The van der Waals surface area contributed by atoms with Crippen molar-refractivity contribution in [2.24, 2.45) is 16.7 Å². The summed E-state index contributed by atoms with van der Waals surface area (Å²) in [5.41, 5.74) is 1.70. The molecule has 0 spiro atoms. The molecule has 0 amide bonds. The molecule has 0 unspecified atom stereocenters. The molecule has 25 heavy (non-hydrogen) atoms. The first-order valence-electron chi connectivity index (χ1n) is 9.36. The van der Waals surface area contributed by atoms with E-state index in [4.69, 9.17) is 9.15 Å². The molecule has 2 fully saturated rings. The summed E-state index contributed by atoms with van der Waals surface area (Å²) in [6.45, 7) is 6.25. The van der Waals surface area contributed by atoms with Gasteiger partial charge < -0.3 is 14.3 Å². The minimum atomic E-state index is -1.05. The van der Waals surface area contributed by atoms with Crippen molar-refractivity contribution in [1.82, 2.24) is 0 Å². The van der Waals surface area contributed by atoms with E-state index in [1.165, 1.54) is 23.8 Å². The molecule has 1 aromatic heterocycles. The van der Waals surface area contributed by atoms with E-state index >= 15 is 0 Å². The number of aliphatic hydroxyl groups is 1. The van der Waals surface area contributed by atoms with Gasteiger partial charge in [0.05, 0.1) is 24.4 Å². The minimum Gasteiger partial charge on any atom is -0.469 e. The highest BCUT2D eigenvalue weighted by atomic mass is 16.5. The van der Waals surface area contributed by atoms with Crippen molar-refractivity contribution < 1.29 is 19.1 Å². The number of hydrogen-bond acceptors (Lipinski definition) is 4. The Balaban J connectivity index is 1.85. The molecule has 4 nitrogen and oxygen atoms in total. The number of methoxy groups -OCH3 is 1. The number of allylic oxidation sites excluding steroid dienone is 2. The maximum Gasteiger partial charge on any atom is 0.314 e. The molecular weight excluding hydrogens is 316 g/mol. The van der Waals surface area contributed by atoms with E-state index in [-0.39, 0.29) is 17.3 Å². The lowest BCUT2D eigenvalue weighted by Crippen LogP contribution is -2.67. The average Bonchev–Trinajstić information content (AvgIpc) is 3.06. The highest BCUT2D eigenvalue weighted by molar-refractivity contribution is 5.79. The summed E-state index contributed by atoms with van der Waals surface area (Å²) in [4.78, 5) is 12.7. The average molecular weight is 344 g/mol. The number of furan rings is 1. The third kappa shape index (κ3) is 1.89. The molecule has 0 aromatic carbocycles. The van der Waals surface area contributed by atoms with Crippen LogP contribution >= 0.6 is 0 Å². The fraction of sp³-hybridized carbons (Fsp3) is 0.667. The van der Waals surface area contributed by atoms with Crippen molar-refractivity contribution in [3.8, 4) is 0 Å². The number of fused-ring (bicyclic) bond motifs is 4. The first-order valence-corrected chi connectivity index (χ1v) is 9.36. The van der Waals surface area contributed by atoms with Crippen LogP contribution in [0.15, 0.2) is 22.3 Å². The predicted octanol–water partition coefficient (Wildman–Crippen LogP) is 4.12. The van der Waals surface area contributed by atoms with Gasteiger partial charge in [0, 0.05) is 17.4 Å². The van der Waals surface area contributed by atoms with Gasteiger partial charge >= 0.3 is 5.97 Å². The summed E-state index contributed by atoms with van der Waals surface area (Å²) < 4.78 is 10.9. The molecule has 2 saturated carbocycles. The van der Waals surface area contributed by atoms with Crippen molar-refractivity contribution in [2.45, 2.75) is 64.9 Å². The third-order valence-electron chi connectivity index (χ3n) is 7.83. The fourth-order valence-electron chi connectivity index (χ4n) is 6.24. The SMILES string of the molecule is COC(=O)[C@@]1(C)CCC[C@]2(C)[C@H]3Cc4occc4C(C)=C3CC[C@@]12O. The highest BCUT2D eigenvalue weighted by Gasteiger charge is 2.68. The van der Waals surface area contributed by atoms with Crippen LogP contribution in [0.3, 0.4) is 0 Å². The summed E-state index contributed by atoms with van der Waals surface area (Å²) in [5, 5.41) is 11.9. The number of hydrogen-bond donors (Lipinski definition) is 1. The monoisotopic (exact) mass is 344 g/mol. The highest BCUT2D eigenvalue weighted by Crippen LogP contribution is 2.65. The molecule has 0 bridgehead atoms. The summed E-state index contributed by atoms with van der Waals surface area (Å²) >= 11 is 0. The minimum absolute atomic E-state index is 0.217. The molecule has 0 radical (unpaired) electrons. The summed E-state index contributed by atoms with van der Waals surface area (Å²) in [6, 6.07) is 2.05. The van der Waals surface area contributed by atoms with Crippen LogP contribution in [-0.4, -0.2) is 23.8 Å². The van der Waals surface area contributed by atoms with E-state index in [1.54, 1.807) is 6.26 Å². The zero-order valence-corrected chi connectivity index (χ0v) is 15.6. The van der Waals surface area contributed by atoms with Crippen LogP contribution in [0.4, 0.5) is 0 Å². The predicted molar refractivity (Wildman–Crippen MR) is 94.8 cm³/mol. The van der Waals surface area contributed by atoms with Crippen LogP contribution < -0.4 is 0 Å². The Hall–Kier alpha value is -1.55. The standard InChI is InChI=1S/C21H28O4/c1-13-14-6-10-21(23)19(2,8-5-9-20(21,3)18(22)24-4)16(14)12-17-15(13)7-11-25-17/h7,11,16,23H,5-6,8-10,12H2,1-4H3/t16-,19+,20+,21-/m0/s1. The Bertz CT molecular complexity index is 760. The maximum absolute atomic E-state index is 12.7. The van der Waals surface area contributed by atoms with Gasteiger partial charge in [0.25, 0.3) is 0 Å². The molecule has 4 heteroatoms. The lowest BCUT2D eigenvalue weighted by Gasteiger charge is -2.63. The summed E-state index contributed by atoms with van der Waals surface area (Å²) in [7, 11) is 1.43. The normalized spacial score (nSPS) is 40.1. The van der Waals surface area contributed by atoms with Gasteiger partial charge in [-0.3, -0.25) is 4.79 Å². The molecule has 3 aliphatic carbocycles. The van der Waals surface area contributed by atoms with Crippen molar-refractivity contribution in [3.63, 3.8) is 0 Å². The Morgan fingerprint density at radius 1 is 1.32 bits per heavy atom. The topological polar surface area (TPSA) is 59.7 Å². The fourth-order valence-corrected chi connectivity index (χ4v) is 6.24. The van der Waals surface area contributed by atoms with Gasteiger partial charge in [-0.2, -0.15) is 0 Å². The van der Waals surface area contributed by atoms with Crippen LogP contribution in [0.2, 0.25) is 0 Å². The zero-order valence-electron chi connectivity index (χ0n) is 15.6. The number of rotatable bonds is 1. The van der Waals surface area contributed by atoms with E-state index < -0.39 is 11.0 Å². The lowest BCUT2D eigenvalue weighted by molar-refractivity contribution is -0.230. The van der Waals surface area contributed by atoms with Crippen molar-refractivity contribution in [3.05, 3.63) is 29.2 Å². The molecule has 1 aromatic rings. The summed E-state index contributed by atoms with van der Waals surface area (Å²) in [6.07, 6.45) is 6.56. The second kappa shape index (κ2) is 5.23. The van der Waals surface area contributed by atoms with Gasteiger partial charge in [-0.05, 0) is 57.1 Å². The van der Waals surface area contributed by atoms with Gasteiger partial charge in [-0.15, -0.1) is 0 Å². The van der Waals surface area contributed by atoms with Crippen molar-refractivity contribution in [2.75, 3.05) is 7.11 Å². The molecule has 4 atom stereocenters. The van der Waals surface area contributed by atoms with Crippen LogP contribution in [0.25, 0.3) is 5.57 Å². The van der Waals surface area contributed by atoms with E-state index in [0.29, 0.717) is 12.8 Å². The number of ether oxygens (including phenoxy) is 1. The molecular formula is C21H28O4.